The third-order valence-electron chi connectivity index (χ3n) is 1.87. The van der Waals surface area contributed by atoms with E-state index in [1.165, 1.54) is 9.75 Å². The topological polar surface area (TPSA) is 32.3 Å². The average Bonchev–Trinajstić information content (AvgIpc) is 2.47. The molecule has 0 saturated carbocycles. The molecule has 0 aliphatic heterocycles. The lowest BCUT2D eigenvalue weighted by Crippen LogP contribution is -2.16. The molecule has 0 radical (unpaired) electrons. The van der Waals surface area contributed by atoms with Crippen LogP contribution in [0.15, 0.2) is 12.1 Å². The Labute approximate surface area is 77.2 Å². The molecule has 0 aliphatic rings. The number of hydrogen-bond donors (Lipinski definition) is 2. The molecule has 1 rings (SSSR count). The Balaban J connectivity index is 2.66. The summed E-state index contributed by atoms with van der Waals surface area (Å²) in [5.74, 6) is 0. The molecule has 68 valence electrons. The van der Waals surface area contributed by atoms with Crippen LogP contribution in [0.5, 0.6) is 0 Å². The lowest BCUT2D eigenvalue weighted by atomic mass is 10.2. The summed E-state index contributed by atoms with van der Waals surface area (Å²) in [5, 5.41) is 12.0. The van der Waals surface area contributed by atoms with E-state index >= 15 is 0 Å². The zero-order valence-electron chi connectivity index (χ0n) is 7.50. The number of rotatable bonds is 4. The maximum atomic E-state index is 8.80. The number of nitrogens with one attached hydrogen (secondary N) is 1. The van der Waals surface area contributed by atoms with Crippen molar-refractivity contribution < 1.29 is 5.11 Å². The molecule has 2 N–H and O–H groups in total. The first-order valence-electron chi connectivity index (χ1n) is 4.12. The zero-order chi connectivity index (χ0) is 8.97. The van der Waals surface area contributed by atoms with Crippen LogP contribution in [-0.2, 0) is 0 Å². The van der Waals surface area contributed by atoms with E-state index in [9.17, 15) is 0 Å². The summed E-state index contributed by atoms with van der Waals surface area (Å²) < 4.78 is 0. The summed E-state index contributed by atoms with van der Waals surface area (Å²) in [7, 11) is 1.93. The molecule has 1 atom stereocenters. The molecule has 1 heterocycles. The van der Waals surface area contributed by atoms with Crippen molar-refractivity contribution in [1.82, 2.24) is 5.32 Å². The summed E-state index contributed by atoms with van der Waals surface area (Å²) in [6.45, 7) is 2.34. The number of thiophene rings is 1. The highest BCUT2D eigenvalue weighted by molar-refractivity contribution is 7.12. The van der Waals surface area contributed by atoms with Crippen LogP contribution in [0, 0.1) is 6.92 Å². The number of aryl methyl sites for hydroxylation is 1. The fraction of sp³-hybridized carbons (Fsp3) is 0.556. The van der Waals surface area contributed by atoms with Gasteiger partial charge in [-0.1, -0.05) is 0 Å². The van der Waals surface area contributed by atoms with Crippen LogP contribution >= 0.6 is 11.3 Å². The summed E-state index contributed by atoms with van der Waals surface area (Å²) in [6, 6.07) is 4.55. The molecule has 0 bridgehead atoms. The third-order valence-corrected chi connectivity index (χ3v) is 2.99. The van der Waals surface area contributed by atoms with Gasteiger partial charge in [-0.05, 0) is 32.5 Å². The lowest BCUT2D eigenvalue weighted by molar-refractivity contribution is 0.269. The second kappa shape index (κ2) is 4.60. The number of hydrogen-bond acceptors (Lipinski definition) is 3. The molecule has 0 fully saturated rings. The monoisotopic (exact) mass is 185 g/mol. The van der Waals surface area contributed by atoms with Crippen molar-refractivity contribution in [1.29, 1.82) is 0 Å². The van der Waals surface area contributed by atoms with Crippen molar-refractivity contribution in [2.75, 3.05) is 13.7 Å². The summed E-state index contributed by atoms with van der Waals surface area (Å²) in [6.07, 6.45) is 0.788. The molecule has 1 aromatic rings. The van der Waals surface area contributed by atoms with E-state index in [0.717, 1.165) is 6.42 Å². The highest BCUT2D eigenvalue weighted by atomic mass is 32.1. The van der Waals surface area contributed by atoms with Gasteiger partial charge >= 0.3 is 0 Å². The third kappa shape index (κ3) is 2.30. The molecule has 1 aromatic heterocycles. The Kier molecular flexibility index (Phi) is 3.72. The summed E-state index contributed by atoms with van der Waals surface area (Å²) >= 11 is 1.79. The molecule has 0 aliphatic carbocycles. The summed E-state index contributed by atoms with van der Waals surface area (Å²) in [5.41, 5.74) is 0. The maximum absolute atomic E-state index is 8.80. The standard InChI is InChI=1S/C9H15NOS/c1-7-3-4-9(12-7)8(10-2)5-6-11/h3-4,8,10-11H,5-6H2,1-2H3. The smallest absolute Gasteiger partial charge is 0.0449 e. The predicted molar refractivity (Wildman–Crippen MR) is 52.6 cm³/mol. The quantitative estimate of drug-likeness (QED) is 0.748. The normalized spacial score (nSPS) is 13.2. The zero-order valence-corrected chi connectivity index (χ0v) is 8.32. The second-order valence-electron chi connectivity index (χ2n) is 2.80. The van der Waals surface area contributed by atoms with Gasteiger partial charge in [-0.3, -0.25) is 0 Å². The van der Waals surface area contributed by atoms with Gasteiger partial charge in [0.05, 0.1) is 0 Å². The van der Waals surface area contributed by atoms with Crippen LogP contribution in [0.4, 0.5) is 0 Å². The Morgan fingerprint density at radius 2 is 2.33 bits per heavy atom. The number of aliphatic hydroxyl groups is 1. The van der Waals surface area contributed by atoms with Crippen LogP contribution < -0.4 is 5.32 Å². The fourth-order valence-electron chi connectivity index (χ4n) is 1.20. The number of aliphatic hydroxyl groups excluding tert-OH is 1. The Hall–Kier alpha value is -0.380. The van der Waals surface area contributed by atoms with Crippen molar-refractivity contribution in [2.45, 2.75) is 19.4 Å². The van der Waals surface area contributed by atoms with Crippen molar-refractivity contribution in [3.8, 4) is 0 Å². The average molecular weight is 185 g/mol. The van der Waals surface area contributed by atoms with Gasteiger partial charge in [0.2, 0.25) is 0 Å². The minimum atomic E-state index is 0.239. The van der Waals surface area contributed by atoms with E-state index in [2.05, 4.69) is 24.4 Å². The van der Waals surface area contributed by atoms with Gasteiger partial charge in [0.15, 0.2) is 0 Å². The van der Waals surface area contributed by atoms with Gasteiger partial charge in [-0.2, -0.15) is 0 Å². The van der Waals surface area contributed by atoms with E-state index in [1.54, 1.807) is 11.3 Å². The Morgan fingerprint density at radius 3 is 2.75 bits per heavy atom. The maximum Gasteiger partial charge on any atom is 0.0449 e. The van der Waals surface area contributed by atoms with Gasteiger partial charge in [-0.15, -0.1) is 11.3 Å². The first kappa shape index (κ1) is 9.71. The molecule has 1 unspecified atom stereocenters. The Bertz CT molecular complexity index is 234. The first-order valence-corrected chi connectivity index (χ1v) is 4.94. The molecular formula is C9H15NOS. The van der Waals surface area contributed by atoms with Crippen LogP contribution in [-0.4, -0.2) is 18.8 Å². The largest absolute Gasteiger partial charge is 0.396 e. The fourth-order valence-corrected chi connectivity index (χ4v) is 2.22. The van der Waals surface area contributed by atoms with E-state index in [-0.39, 0.29) is 6.61 Å². The van der Waals surface area contributed by atoms with Crippen LogP contribution in [0.1, 0.15) is 22.2 Å². The second-order valence-corrected chi connectivity index (χ2v) is 4.12. The van der Waals surface area contributed by atoms with Crippen LogP contribution in [0.25, 0.3) is 0 Å². The Morgan fingerprint density at radius 1 is 1.58 bits per heavy atom. The van der Waals surface area contributed by atoms with Crippen LogP contribution in [0.2, 0.25) is 0 Å². The van der Waals surface area contributed by atoms with Gasteiger partial charge in [0, 0.05) is 22.4 Å². The molecule has 0 aromatic carbocycles. The van der Waals surface area contributed by atoms with Crippen molar-refractivity contribution in [3.63, 3.8) is 0 Å². The van der Waals surface area contributed by atoms with Gasteiger partial charge < -0.3 is 10.4 Å². The minimum Gasteiger partial charge on any atom is -0.396 e. The van der Waals surface area contributed by atoms with E-state index < -0.39 is 0 Å². The minimum absolute atomic E-state index is 0.239. The van der Waals surface area contributed by atoms with Crippen molar-refractivity contribution >= 4 is 11.3 Å². The lowest BCUT2D eigenvalue weighted by Gasteiger charge is -2.11. The van der Waals surface area contributed by atoms with E-state index in [4.69, 9.17) is 5.11 Å². The van der Waals surface area contributed by atoms with Gasteiger partial charge in [-0.25, -0.2) is 0 Å². The molecule has 12 heavy (non-hydrogen) atoms. The first-order chi connectivity index (χ1) is 5.77. The molecule has 0 amide bonds. The molecule has 0 spiro atoms. The molecular weight excluding hydrogens is 170 g/mol. The van der Waals surface area contributed by atoms with Crippen molar-refractivity contribution in [3.05, 3.63) is 21.9 Å². The predicted octanol–water partition coefficient (Wildman–Crippen LogP) is 1.70. The SMILES string of the molecule is CNC(CCO)c1ccc(C)s1. The van der Waals surface area contributed by atoms with E-state index in [0.29, 0.717) is 6.04 Å². The van der Waals surface area contributed by atoms with Crippen LogP contribution in [0.3, 0.4) is 0 Å². The molecule has 3 heteroatoms. The highest BCUT2D eigenvalue weighted by Gasteiger charge is 2.09. The molecule has 2 nitrogen and oxygen atoms in total. The van der Waals surface area contributed by atoms with E-state index in [1.807, 2.05) is 7.05 Å². The van der Waals surface area contributed by atoms with Gasteiger partial charge in [0.1, 0.15) is 0 Å². The summed E-state index contributed by atoms with van der Waals surface area (Å²) in [4.78, 5) is 2.63. The highest BCUT2D eigenvalue weighted by Crippen LogP contribution is 2.24. The van der Waals surface area contributed by atoms with Crippen molar-refractivity contribution in [2.24, 2.45) is 0 Å². The molecule has 0 saturated heterocycles. The van der Waals surface area contributed by atoms with Gasteiger partial charge in [0.25, 0.3) is 0 Å².